The minimum Gasteiger partial charge on any atom is -0.503 e. The molecular weight excluding hydrogens is 334 g/mol. The summed E-state index contributed by atoms with van der Waals surface area (Å²) in [5.74, 6) is -0.391. The second-order valence-corrected chi connectivity index (χ2v) is 6.05. The minimum absolute atomic E-state index is 0.164. The van der Waals surface area contributed by atoms with Crippen LogP contribution in [0.2, 0.25) is 0 Å². The van der Waals surface area contributed by atoms with E-state index in [9.17, 15) is 10.2 Å². The number of rotatable bonds is 2. The van der Waals surface area contributed by atoms with Gasteiger partial charge in [-0.2, -0.15) is 0 Å². The lowest BCUT2D eigenvalue weighted by Crippen LogP contribution is -1.97. The van der Waals surface area contributed by atoms with Crippen LogP contribution in [0.1, 0.15) is 5.56 Å². The molecule has 0 atom stereocenters. The van der Waals surface area contributed by atoms with Gasteiger partial charge in [-0.3, -0.25) is 4.57 Å². The van der Waals surface area contributed by atoms with Gasteiger partial charge in [0.1, 0.15) is 11.0 Å². The van der Waals surface area contributed by atoms with Crippen LogP contribution < -0.4 is 0 Å². The van der Waals surface area contributed by atoms with Gasteiger partial charge in [0.25, 0.3) is 0 Å². The van der Waals surface area contributed by atoms with Crippen LogP contribution in [0.3, 0.4) is 0 Å². The molecule has 0 saturated heterocycles. The van der Waals surface area contributed by atoms with E-state index in [2.05, 4.69) is 20.3 Å². The molecule has 8 heteroatoms. The Bertz CT molecular complexity index is 1180. The van der Waals surface area contributed by atoms with E-state index >= 15 is 0 Å². The van der Waals surface area contributed by atoms with E-state index in [4.69, 9.17) is 4.63 Å². The fourth-order valence-electron chi connectivity index (χ4n) is 3.25. The molecule has 0 radical (unpaired) electrons. The summed E-state index contributed by atoms with van der Waals surface area (Å²) in [6.45, 7) is 1.75. The molecule has 0 spiro atoms. The summed E-state index contributed by atoms with van der Waals surface area (Å²) >= 11 is 0. The Labute approximate surface area is 146 Å². The quantitative estimate of drug-likeness (QED) is 0.452. The number of aromatic nitrogens is 5. The molecule has 0 unspecified atom stereocenters. The van der Waals surface area contributed by atoms with Gasteiger partial charge in [-0.15, -0.1) is 0 Å². The van der Waals surface area contributed by atoms with Gasteiger partial charge in [0.2, 0.25) is 5.88 Å². The molecule has 26 heavy (non-hydrogen) atoms. The molecule has 0 fully saturated rings. The molecule has 2 aromatic carbocycles. The highest BCUT2D eigenvalue weighted by Crippen LogP contribution is 2.42. The van der Waals surface area contributed by atoms with E-state index in [1.807, 2.05) is 24.3 Å². The zero-order chi connectivity index (χ0) is 17.8. The average molecular weight is 347 g/mol. The fraction of sp³-hybridized carbons (Fsp3) is 0.0556. The number of fused-ring (bicyclic) bond motifs is 2. The van der Waals surface area contributed by atoms with Crippen molar-refractivity contribution in [3.63, 3.8) is 0 Å². The van der Waals surface area contributed by atoms with E-state index in [0.29, 0.717) is 28.0 Å². The lowest BCUT2D eigenvalue weighted by atomic mass is 10.1. The normalized spacial score (nSPS) is 11.6. The Morgan fingerprint density at radius 3 is 2.69 bits per heavy atom. The third-order valence-corrected chi connectivity index (χ3v) is 4.55. The summed E-state index contributed by atoms with van der Waals surface area (Å²) in [5.41, 5.74) is 5.55. The molecule has 3 N–H and O–H groups in total. The topological polar surface area (TPSA) is 113 Å². The first-order valence-corrected chi connectivity index (χ1v) is 7.93. The molecule has 0 saturated carbocycles. The number of imidazole rings is 1. The third-order valence-electron chi connectivity index (χ3n) is 4.55. The van der Waals surface area contributed by atoms with Gasteiger partial charge >= 0.3 is 0 Å². The Balaban J connectivity index is 1.80. The van der Waals surface area contributed by atoms with Crippen molar-refractivity contribution in [1.82, 2.24) is 24.8 Å². The number of benzene rings is 2. The Morgan fingerprint density at radius 1 is 1.00 bits per heavy atom. The van der Waals surface area contributed by atoms with Crippen LogP contribution in [0.5, 0.6) is 11.6 Å². The van der Waals surface area contributed by atoms with Gasteiger partial charge in [-0.05, 0) is 47.6 Å². The van der Waals surface area contributed by atoms with Crippen molar-refractivity contribution in [1.29, 1.82) is 0 Å². The summed E-state index contributed by atoms with van der Waals surface area (Å²) in [6, 6.07) is 11.0. The lowest BCUT2D eigenvalue weighted by molar-refractivity contribution is 0.315. The number of H-pyrrole nitrogens is 1. The van der Waals surface area contributed by atoms with Crippen molar-refractivity contribution in [2.45, 2.75) is 6.92 Å². The van der Waals surface area contributed by atoms with Crippen molar-refractivity contribution in [2.24, 2.45) is 0 Å². The van der Waals surface area contributed by atoms with Gasteiger partial charge < -0.3 is 15.2 Å². The number of hydrogen-bond acceptors (Lipinski definition) is 6. The average Bonchev–Trinajstić information content (AvgIpc) is 3.35. The fourth-order valence-corrected chi connectivity index (χ4v) is 3.25. The molecule has 8 nitrogen and oxygen atoms in total. The maximum atomic E-state index is 10.6. The van der Waals surface area contributed by atoms with Crippen molar-refractivity contribution in [3.05, 3.63) is 48.3 Å². The number of hydrogen-bond donors (Lipinski definition) is 3. The third kappa shape index (κ3) is 1.92. The molecular formula is C18H13N5O3. The molecule has 5 aromatic rings. The van der Waals surface area contributed by atoms with Crippen molar-refractivity contribution < 1.29 is 14.8 Å². The highest BCUT2D eigenvalue weighted by molar-refractivity contribution is 5.84. The van der Waals surface area contributed by atoms with Crippen LogP contribution >= 0.6 is 0 Å². The highest BCUT2D eigenvalue weighted by Gasteiger charge is 2.22. The summed E-state index contributed by atoms with van der Waals surface area (Å²) in [4.78, 5) is 7.26. The van der Waals surface area contributed by atoms with E-state index in [1.165, 1.54) is 0 Å². The molecule has 128 valence electrons. The second kappa shape index (κ2) is 5.09. The number of nitrogens with zero attached hydrogens (tertiary/aromatic N) is 4. The molecule has 0 aliphatic heterocycles. The predicted molar refractivity (Wildman–Crippen MR) is 94.3 cm³/mol. The first-order valence-electron chi connectivity index (χ1n) is 7.93. The summed E-state index contributed by atoms with van der Waals surface area (Å²) in [6.07, 6.45) is 1.61. The first kappa shape index (κ1) is 14.5. The number of aromatic hydroxyl groups is 2. The number of aromatic amines is 1. The minimum atomic E-state index is -0.227. The van der Waals surface area contributed by atoms with Crippen molar-refractivity contribution >= 4 is 22.1 Å². The molecule has 3 aromatic heterocycles. The van der Waals surface area contributed by atoms with E-state index < -0.39 is 0 Å². The van der Waals surface area contributed by atoms with Crippen LogP contribution in [-0.4, -0.2) is 35.1 Å². The smallest absolute Gasteiger partial charge is 0.240 e. The SMILES string of the molecule is Cc1c(O)c(O)n(-c2ccc3nc[nH]c3c2)c1-c1ccc2nonc2c1. The molecule has 0 bridgehead atoms. The molecule has 3 heterocycles. The largest absolute Gasteiger partial charge is 0.503 e. The van der Waals surface area contributed by atoms with E-state index in [1.54, 1.807) is 30.0 Å². The Hall–Kier alpha value is -3.81. The van der Waals surface area contributed by atoms with Gasteiger partial charge in [-0.1, -0.05) is 6.07 Å². The lowest BCUT2D eigenvalue weighted by Gasteiger charge is -2.11. The second-order valence-electron chi connectivity index (χ2n) is 6.05. The van der Waals surface area contributed by atoms with Gasteiger partial charge in [0.05, 0.1) is 28.7 Å². The zero-order valence-electron chi connectivity index (χ0n) is 13.6. The van der Waals surface area contributed by atoms with Crippen LogP contribution in [0, 0.1) is 6.92 Å². The maximum Gasteiger partial charge on any atom is 0.240 e. The van der Waals surface area contributed by atoms with E-state index in [-0.39, 0.29) is 11.6 Å². The molecule has 5 rings (SSSR count). The van der Waals surface area contributed by atoms with Gasteiger partial charge in [0.15, 0.2) is 5.75 Å². The van der Waals surface area contributed by atoms with Crippen molar-refractivity contribution in [2.75, 3.05) is 0 Å². The summed E-state index contributed by atoms with van der Waals surface area (Å²) in [5, 5.41) is 28.6. The highest BCUT2D eigenvalue weighted by atomic mass is 16.6. The van der Waals surface area contributed by atoms with Gasteiger partial charge in [0, 0.05) is 11.1 Å². The standard InChI is InChI=1S/C18H13N5O3/c1-9-16(10-2-4-13-15(6-10)22-26-21-13)23(18(25)17(9)24)11-3-5-12-14(7-11)20-8-19-12/h2-8,24-25H,1H3,(H,19,20). The summed E-state index contributed by atoms with van der Waals surface area (Å²) in [7, 11) is 0. The Morgan fingerprint density at radius 2 is 1.81 bits per heavy atom. The van der Waals surface area contributed by atoms with Crippen LogP contribution in [0.15, 0.2) is 47.4 Å². The zero-order valence-corrected chi connectivity index (χ0v) is 13.6. The first-order chi connectivity index (χ1) is 12.6. The molecule has 0 aliphatic rings. The monoisotopic (exact) mass is 347 g/mol. The molecule has 0 aliphatic carbocycles. The van der Waals surface area contributed by atoms with Crippen LogP contribution in [0.4, 0.5) is 0 Å². The Kier molecular flexibility index (Phi) is 2.84. The predicted octanol–water partition coefficient (Wildman–Crippen LogP) is 3.28. The van der Waals surface area contributed by atoms with Gasteiger partial charge in [-0.25, -0.2) is 9.61 Å². The van der Waals surface area contributed by atoms with Crippen molar-refractivity contribution in [3.8, 4) is 28.6 Å². The summed E-state index contributed by atoms with van der Waals surface area (Å²) < 4.78 is 6.35. The maximum absolute atomic E-state index is 10.6. The van der Waals surface area contributed by atoms with Crippen LogP contribution in [0.25, 0.3) is 39.0 Å². The number of nitrogens with one attached hydrogen (secondary N) is 1. The molecule has 0 amide bonds. The van der Waals surface area contributed by atoms with E-state index in [0.717, 1.165) is 16.6 Å². The van der Waals surface area contributed by atoms with Crippen LogP contribution in [-0.2, 0) is 0 Å².